The normalized spacial score (nSPS) is 28.8. The lowest BCUT2D eigenvalue weighted by Crippen LogP contribution is -2.57. The fraction of sp³-hybridized carbons (Fsp3) is 0.750. The largest absolute Gasteiger partial charge is 0.378 e. The summed E-state index contributed by atoms with van der Waals surface area (Å²) < 4.78 is 5.92. The molecule has 114 valence electrons. The van der Waals surface area contributed by atoms with E-state index in [4.69, 9.17) is 10.5 Å². The van der Waals surface area contributed by atoms with E-state index in [-0.39, 0.29) is 5.54 Å². The van der Waals surface area contributed by atoms with Gasteiger partial charge in [-0.15, -0.1) is 11.3 Å². The maximum Gasteiger partial charge on any atom is 0.0593 e. The molecular formula is C16H28N2OS. The highest BCUT2D eigenvalue weighted by Crippen LogP contribution is 2.37. The summed E-state index contributed by atoms with van der Waals surface area (Å²) in [6, 6.07) is 4.77. The van der Waals surface area contributed by atoms with Gasteiger partial charge in [0.1, 0.15) is 0 Å². The Balaban J connectivity index is 2.12. The van der Waals surface area contributed by atoms with Gasteiger partial charge in [0, 0.05) is 29.6 Å². The minimum atomic E-state index is 0.0848. The predicted molar refractivity (Wildman–Crippen MR) is 86.2 cm³/mol. The second kappa shape index (κ2) is 7.03. The zero-order valence-electron chi connectivity index (χ0n) is 13.0. The van der Waals surface area contributed by atoms with Crippen molar-refractivity contribution in [2.24, 2.45) is 5.73 Å². The Morgan fingerprint density at radius 1 is 1.60 bits per heavy atom. The molecule has 0 radical (unpaired) electrons. The lowest BCUT2D eigenvalue weighted by Gasteiger charge is -2.48. The highest BCUT2D eigenvalue weighted by atomic mass is 32.1. The number of thiophene rings is 1. The van der Waals surface area contributed by atoms with Crippen LogP contribution in [0.3, 0.4) is 0 Å². The lowest BCUT2D eigenvalue weighted by atomic mass is 9.83. The summed E-state index contributed by atoms with van der Waals surface area (Å²) in [6.07, 6.45) is 4.79. The Morgan fingerprint density at radius 3 is 3.00 bits per heavy atom. The third-order valence-corrected chi connectivity index (χ3v) is 5.85. The first kappa shape index (κ1) is 16.0. The Labute approximate surface area is 127 Å². The van der Waals surface area contributed by atoms with Crippen LogP contribution in [0.15, 0.2) is 17.5 Å². The van der Waals surface area contributed by atoms with Crippen molar-refractivity contribution in [2.75, 3.05) is 20.2 Å². The summed E-state index contributed by atoms with van der Waals surface area (Å²) in [7, 11) is 2.23. The van der Waals surface area contributed by atoms with Crippen LogP contribution in [-0.4, -0.2) is 36.7 Å². The number of rotatable bonds is 6. The van der Waals surface area contributed by atoms with Crippen molar-refractivity contribution in [3.05, 3.63) is 22.4 Å². The van der Waals surface area contributed by atoms with E-state index in [1.165, 1.54) is 11.3 Å². The van der Waals surface area contributed by atoms with Crippen LogP contribution in [0.4, 0.5) is 0 Å². The standard InChI is InChI=1S/C16H28N2OS/c1-4-6-14-11-16(12-17,8-9-19-14)18(3)13(2)15-7-5-10-20-15/h5,7,10,13-14H,4,6,8-9,11-12,17H2,1-3H3. The van der Waals surface area contributed by atoms with E-state index >= 15 is 0 Å². The van der Waals surface area contributed by atoms with Gasteiger partial charge in [-0.1, -0.05) is 19.4 Å². The average Bonchev–Trinajstić information content (AvgIpc) is 3.00. The molecule has 1 aliphatic heterocycles. The van der Waals surface area contributed by atoms with E-state index in [0.717, 1.165) is 25.9 Å². The van der Waals surface area contributed by atoms with Gasteiger partial charge >= 0.3 is 0 Å². The van der Waals surface area contributed by atoms with Gasteiger partial charge in [-0.3, -0.25) is 4.90 Å². The van der Waals surface area contributed by atoms with Gasteiger partial charge in [-0.2, -0.15) is 0 Å². The molecule has 2 rings (SSSR count). The molecule has 1 aromatic heterocycles. The molecule has 2 N–H and O–H groups in total. The van der Waals surface area contributed by atoms with Crippen LogP contribution in [0.25, 0.3) is 0 Å². The Bertz CT molecular complexity index is 393. The second-order valence-corrected chi connectivity index (χ2v) is 6.95. The molecule has 0 aliphatic carbocycles. The zero-order chi connectivity index (χ0) is 14.6. The zero-order valence-corrected chi connectivity index (χ0v) is 13.8. The Hall–Kier alpha value is -0.420. The van der Waals surface area contributed by atoms with Crippen LogP contribution < -0.4 is 5.73 Å². The van der Waals surface area contributed by atoms with E-state index in [1.807, 2.05) is 11.3 Å². The van der Waals surface area contributed by atoms with Gasteiger partial charge in [-0.05, 0) is 44.7 Å². The molecule has 3 nitrogen and oxygen atoms in total. The van der Waals surface area contributed by atoms with Crippen LogP contribution in [0.1, 0.15) is 50.4 Å². The Morgan fingerprint density at radius 2 is 2.40 bits per heavy atom. The molecule has 1 fully saturated rings. The topological polar surface area (TPSA) is 38.5 Å². The van der Waals surface area contributed by atoms with Gasteiger partial charge < -0.3 is 10.5 Å². The average molecular weight is 296 g/mol. The Kier molecular flexibility index (Phi) is 5.61. The predicted octanol–water partition coefficient (Wildman–Crippen LogP) is 3.42. The third kappa shape index (κ3) is 3.25. The van der Waals surface area contributed by atoms with Gasteiger partial charge in [-0.25, -0.2) is 0 Å². The third-order valence-electron chi connectivity index (χ3n) is 4.80. The van der Waals surface area contributed by atoms with Crippen molar-refractivity contribution in [3.8, 4) is 0 Å². The first-order valence-electron chi connectivity index (χ1n) is 7.71. The fourth-order valence-electron chi connectivity index (χ4n) is 3.29. The van der Waals surface area contributed by atoms with Crippen LogP contribution in [0, 0.1) is 0 Å². The highest BCUT2D eigenvalue weighted by Gasteiger charge is 2.41. The van der Waals surface area contributed by atoms with Gasteiger partial charge in [0.05, 0.1) is 6.10 Å². The summed E-state index contributed by atoms with van der Waals surface area (Å²) in [6.45, 7) is 6.06. The van der Waals surface area contributed by atoms with Crippen LogP contribution in [0.5, 0.6) is 0 Å². The number of ether oxygens (including phenoxy) is 1. The number of nitrogens with two attached hydrogens (primary N) is 1. The summed E-state index contributed by atoms with van der Waals surface area (Å²) >= 11 is 1.83. The van der Waals surface area contributed by atoms with Gasteiger partial charge in [0.25, 0.3) is 0 Å². The van der Waals surface area contributed by atoms with Gasteiger partial charge in [0.2, 0.25) is 0 Å². The van der Waals surface area contributed by atoms with Crippen molar-refractivity contribution >= 4 is 11.3 Å². The molecular weight excluding hydrogens is 268 g/mol. The molecule has 0 aromatic carbocycles. The van der Waals surface area contributed by atoms with Crippen molar-refractivity contribution in [3.63, 3.8) is 0 Å². The molecule has 20 heavy (non-hydrogen) atoms. The van der Waals surface area contributed by atoms with E-state index in [0.29, 0.717) is 18.7 Å². The lowest BCUT2D eigenvalue weighted by molar-refractivity contribution is -0.0762. The molecule has 1 aromatic rings. The first-order valence-corrected chi connectivity index (χ1v) is 8.59. The summed E-state index contributed by atoms with van der Waals surface area (Å²) in [4.78, 5) is 3.91. The summed E-state index contributed by atoms with van der Waals surface area (Å²) in [5.74, 6) is 0. The highest BCUT2D eigenvalue weighted by molar-refractivity contribution is 7.10. The quantitative estimate of drug-likeness (QED) is 0.874. The smallest absolute Gasteiger partial charge is 0.0593 e. The molecule has 0 spiro atoms. The van der Waals surface area contributed by atoms with E-state index in [2.05, 4.69) is 43.3 Å². The molecule has 1 aliphatic rings. The van der Waals surface area contributed by atoms with Crippen molar-refractivity contribution in [2.45, 2.75) is 57.2 Å². The minimum absolute atomic E-state index is 0.0848. The van der Waals surface area contributed by atoms with Crippen LogP contribution >= 0.6 is 11.3 Å². The molecule has 3 atom stereocenters. The van der Waals surface area contributed by atoms with Crippen molar-refractivity contribution < 1.29 is 4.74 Å². The molecule has 3 unspecified atom stereocenters. The minimum Gasteiger partial charge on any atom is -0.378 e. The van der Waals surface area contributed by atoms with Crippen molar-refractivity contribution in [1.82, 2.24) is 4.90 Å². The fourth-order valence-corrected chi connectivity index (χ4v) is 4.11. The maximum atomic E-state index is 6.19. The number of hydrogen-bond acceptors (Lipinski definition) is 4. The molecule has 4 heteroatoms. The maximum absolute atomic E-state index is 6.19. The first-order chi connectivity index (χ1) is 9.63. The monoisotopic (exact) mass is 296 g/mol. The van der Waals surface area contributed by atoms with E-state index in [9.17, 15) is 0 Å². The molecule has 2 heterocycles. The second-order valence-electron chi connectivity index (χ2n) is 5.97. The molecule has 1 saturated heterocycles. The van der Waals surface area contributed by atoms with E-state index in [1.54, 1.807) is 0 Å². The molecule has 0 amide bonds. The van der Waals surface area contributed by atoms with Gasteiger partial charge in [0.15, 0.2) is 0 Å². The van der Waals surface area contributed by atoms with Crippen molar-refractivity contribution in [1.29, 1.82) is 0 Å². The summed E-state index contributed by atoms with van der Waals surface area (Å²) in [5.41, 5.74) is 6.28. The van der Waals surface area contributed by atoms with Crippen LogP contribution in [0.2, 0.25) is 0 Å². The molecule has 0 saturated carbocycles. The SMILES string of the molecule is CCCC1CC(CN)(N(C)C(C)c2cccs2)CCO1. The van der Waals surface area contributed by atoms with E-state index < -0.39 is 0 Å². The van der Waals surface area contributed by atoms with Crippen LogP contribution in [-0.2, 0) is 4.74 Å². The number of likely N-dealkylation sites (N-methyl/N-ethyl adjacent to an activating group) is 1. The molecule has 0 bridgehead atoms. The summed E-state index contributed by atoms with van der Waals surface area (Å²) in [5, 5.41) is 2.15. The number of nitrogens with zero attached hydrogens (tertiary/aromatic N) is 1. The number of hydrogen-bond donors (Lipinski definition) is 1.